The number of ether oxygens (including phenoxy) is 2. The zero-order chi connectivity index (χ0) is 22.5. The molecule has 1 saturated heterocycles. The molecule has 7 nitrogen and oxygen atoms in total. The molecule has 7 heteroatoms. The molecule has 0 spiro atoms. The lowest BCUT2D eigenvalue weighted by Gasteiger charge is -2.25. The number of aliphatic hydroxyl groups excluding tert-OH is 1. The molecule has 2 aromatic carbocycles. The molecule has 2 N–H and O–H groups in total. The largest absolute Gasteiger partial charge is 0.507 e. The smallest absolute Gasteiger partial charge is 0.295 e. The normalized spacial score (nSPS) is 18.0. The van der Waals surface area contributed by atoms with Gasteiger partial charge in [0.25, 0.3) is 11.7 Å². The molecule has 1 aliphatic heterocycles. The molecular weight excluding hydrogens is 396 g/mol. The number of quaternary nitrogens is 1. The van der Waals surface area contributed by atoms with E-state index in [4.69, 9.17) is 9.47 Å². The highest BCUT2D eigenvalue weighted by molar-refractivity contribution is 6.46. The van der Waals surface area contributed by atoms with Gasteiger partial charge in [-0.3, -0.25) is 9.59 Å². The molecule has 1 heterocycles. The molecule has 0 aromatic heterocycles. The standard InChI is InChI=1S/C24H28N2O5/c1-25(2)13-8-14-26-21(16-9-6-5-7-10-16)20(23(28)24(26)29)22(27)17-11-12-18(30-3)19(15-17)31-4/h5-7,9-12,15,21,27H,8,13-14H2,1-4H3/p+1/t21-/m0/s1. The van der Waals surface area contributed by atoms with E-state index in [1.54, 1.807) is 23.1 Å². The fourth-order valence-corrected chi connectivity index (χ4v) is 3.83. The van der Waals surface area contributed by atoms with Crippen molar-refractivity contribution < 1.29 is 29.1 Å². The number of rotatable bonds is 8. The SMILES string of the molecule is COc1ccc(C(O)=C2C(=O)C(=O)N(CCC[NH+](C)C)[C@H]2c2ccccc2)cc1OC. The van der Waals surface area contributed by atoms with E-state index in [0.29, 0.717) is 23.6 Å². The quantitative estimate of drug-likeness (QED) is 0.382. The molecule has 0 unspecified atom stereocenters. The Balaban J connectivity index is 2.09. The first-order chi connectivity index (χ1) is 14.9. The second-order valence-corrected chi connectivity index (χ2v) is 7.78. The molecule has 0 aliphatic carbocycles. The lowest BCUT2D eigenvalue weighted by atomic mass is 9.95. The molecule has 0 saturated carbocycles. The summed E-state index contributed by atoms with van der Waals surface area (Å²) in [5.74, 6) is -0.576. The summed E-state index contributed by atoms with van der Waals surface area (Å²) < 4.78 is 10.6. The van der Waals surface area contributed by atoms with Crippen LogP contribution in [0.15, 0.2) is 54.1 Å². The average Bonchev–Trinajstić information content (AvgIpc) is 3.03. The van der Waals surface area contributed by atoms with Gasteiger partial charge in [0.05, 0.1) is 46.5 Å². The van der Waals surface area contributed by atoms with Gasteiger partial charge in [-0.15, -0.1) is 0 Å². The Hall–Kier alpha value is -3.32. The van der Waals surface area contributed by atoms with Crippen LogP contribution in [0.2, 0.25) is 0 Å². The van der Waals surface area contributed by atoms with Crippen molar-refractivity contribution in [3.8, 4) is 11.5 Å². The summed E-state index contributed by atoms with van der Waals surface area (Å²) >= 11 is 0. The summed E-state index contributed by atoms with van der Waals surface area (Å²) in [4.78, 5) is 28.8. The highest BCUT2D eigenvalue weighted by atomic mass is 16.5. The van der Waals surface area contributed by atoms with Gasteiger partial charge >= 0.3 is 0 Å². The lowest BCUT2D eigenvalue weighted by Crippen LogP contribution is -3.05. The molecule has 1 atom stereocenters. The molecule has 1 amide bonds. The topological polar surface area (TPSA) is 80.5 Å². The van der Waals surface area contributed by atoms with Crippen molar-refractivity contribution in [3.05, 3.63) is 65.2 Å². The van der Waals surface area contributed by atoms with Gasteiger partial charge in [0, 0.05) is 18.5 Å². The van der Waals surface area contributed by atoms with Crippen LogP contribution in [-0.4, -0.2) is 63.1 Å². The van der Waals surface area contributed by atoms with Gasteiger partial charge in [0.2, 0.25) is 0 Å². The van der Waals surface area contributed by atoms with E-state index in [0.717, 1.165) is 18.5 Å². The number of aliphatic hydroxyl groups is 1. The summed E-state index contributed by atoms with van der Waals surface area (Å²) in [7, 11) is 7.10. The molecular formula is C24H29N2O5+. The Bertz CT molecular complexity index is 985. The van der Waals surface area contributed by atoms with Crippen LogP contribution >= 0.6 is 0 Å². The first kappa shape index (κ1) is 22.4. The van der Waals surface area contributed by atoms with Crippen LogP contribution < -0.4 is 14.4 Å². The zero-order valence-corrected chi connectivity index (χ0v) is 18.3. The number of carbonyl (C=O) groups is 2. The number of hydrogen-bond acceptors (Lipinski definition) is 5. The number of carbonyl (C=O) groups excluding carboxylic acids is 2. The Morgan fingerprint density at radius 3 is 2.32 bits per heavy atom. The van der Waals surface area contributed by atoms with Gasteiger partial charge < -0.3 is 24.4 Å². The number of amides is 1. The van der Waals surface area contributed by atoms with Crippen molar-refractivity contribution in [2.45, 2.75) is 12.5 Å². The molecule has 3 rings (SSSR count). The first-order valence-electron chi connectivity index (χ1n) is 10.2. The van der Waals surface area contributed by atoms with E-state index in [1.165, 1.54) is 19.1 Å². The van der Waals surface area contributed by atoms with Gasteiger partial charge in [-0.2, -0.15) is 0 Å². The fourth-order valence-electron chi connectivity index (χ4n) is 3.83. The van der Waals surface area contributed by atoms with E-state index in [1.807, 2.05) is 44.4 Å². The second-order valence-electron chi connectivity index (χ2n) is 7.78. The van der Waals surface area contributed by atoms with Crippen molar-refractivity contribution in [2.24, 2.45) is 0 Å². The summed E-state index contributed by atoms with van der Waals surface area (Å²) in [5, 5.41) is 11.1. The summed E-state index contributed by atoms with van der Waals surface area (Å²) in [6.45, 7) is 1.29. The monoisotopic (exact) mass is 425 g/mol. The molecule has 0 bridgehead atoms. The van der Waals surface area contributed by atoms with Gasteiger partial charge in [-0.05, 0) is 23.8 Å². The van der Waals surface area contributed by atoms with Crippen LogP contribution in [0.1, 0.15) is 23.6 Å². The van der Waals surface area contributed by atoms with Gasteiger partial charge in [0.1, 0.15) is 5.76 Å². The Morgan fingerprint density at radius 1 is 1.03 bits per heavy atom. The van der Waals surface area contributed by atoms with Crippen LogP contribution in [0.3, 0.4) is 0 Å². The van der Waals surface area contributed by atoms with E-state index in [9.17, 15) is 14.7 Å². The first-order valence-corrected chi connectivity index (χ1v) is 10.2. The van der Waals surface area contributed by atoms with Crippen molar-refractivity contribution >= 4 is 17.4 Å². The van der Waals surface area contributed by atoms with Gasteiger partial charge in [-0.1, -0.05) is 30.3 Å². The maximum absolute atomic E-state index is 13.0. The molecule has 31 heavy (non-hydrogen) atoms. The number of nitrogens with zero attached hydrogens (tertiary/aromatic N) is 1. The van der Waals surface area contributed by atoms with Gasteiger partial charge in [0.15, 0.2) is 11.5 Å². The minimum Gasteiger partial charge on any atom is -0.507 e. The Kier molecular flexibility index (Phi) is 6.97. The average molecular weight is 426 g/mol. The van der Waals surface area contributed by atoms with Crippen LogP contribution in [0.4, 0.5) is 0 Å². The van der Waals surface area contributed by atoms with Crippen molar-refractivity contribution in [1.82, 2.24) is 4.90 Å². The third kappa shape index (κ3) is 4.56. The highest BCUT2D eigenvalue weighted by Crippen LogP contribution is 2.40. The number of Topliss-reactive ketones (excluding diaryl/α,β-unsaturated/α-hetero) is 1. The number of methoxy groups -OCH3 is 2. The Morgan fingerprint density at radius 2 is 1.71 bits per heavy atom. The molecule has 2 aromatic rings. The number of hydrogen-bond donors (Lipinski definition) is 2. The summed E-state index contributed by atoms with van der Waals surface area (Å²) in [6.07, 6.45) is 0.745. The molecule has 1 aliphatic rings. The number of nitrogens with one attached hydrogen (secondary N) is 1. The minimum atomic E-state index is -0.682. The fraction of sp³-hybridized carbons (Fsp3) is 0.333. The third-order valence-electron chi connectivity index (χ3n) is 5.39. The van der Waals surface area contributed by atoms with Crippen LogP contribution in [0.25, 0.3) is 5.76 Å². The minimum absolute atomic E-state index is 0.0839. The number of ketones is 1. The second kappa shape index (κ2) is 9.66. The molecule has 1 fully saturated rings. The van der Waals surface area contributed by atoms with E-state index < -0.39 is 17.7 Å². The van der Waals surface area contributed by atoms with E-state index in [-0.39, 0.29) is 11.3 Å². The van der Waals surface area contributed by atoms with Crippen LogP contribution in [0.5, 0.6) is 11.5 Å². The van der Waals surface area contributed by atoms with Crippen LogP contribution in [-0.2, 0) is 9.59 Å². The summed E-state index contributed by atoms with van der Waals surface area (Å²) in [6, 6.07) is 13.6. The number of likely N-dealkylation sites (tertiary alicyclic amines) is 1. The predicted octanol–water partition coefficient (Wildman–Crippen LogP) is 1.66. The zero-order valence-electron chi connectivity index (χ0n) is 18.3. The van der Waals surface area contributed by atoms with Crippen LogP contribution in [0, 0.1) is 0 Å². The van der Waals surface area contributed by atoms with Crippen molar-refractivity contribution in [3.63, 3.8) is 0 Å². The maximum Gasteiger partial charge on any atom is 0.295 e. The Labute approximate surface area is 182 Å². The molecule has 164 valence electrons. The molecule has 0 radical (unpaired) electrons. The number of benzene rings is 2. The van der Waals surface area contributed by atoms with E-state index >= 15 is 0 Å². The highest BCUT2D eigenvalue weighted by Gasteiger charge is 2.45. The van der Waals surface area contributed by atoms with Gasteiger partial charge in [-0.25, -0.2) is 0 Å². The van der Waals surface area contributed by atoms with Crippen molar-refractivity contribution in [2.75, 3.05) is 41.4 Å². The third-order valence-corrected chi connectivity index (χ3v) is 5.39. The van der Waals surface area contributed by atoms with Crippen molar-refractivity contribution in [1.29, 1.82) is 0 Å². The lowest BCUT2D eigenvalue weighted by molar-refractivity contribution is -0.858. The predicted molar refractivity (Wildman–Crippen MR) is 117 cm³/mol. The maximum atomic E-state index is 13.0. The summed E-state index contributed by atoms with van der Waals surface area (Å²) in [5.41, 5.74) is 1.25. The van der Waals surface area contributed by atoms with E-state index in [2.05, 4.69) is 0 Å².